The Hall–Kier alpha value is -0.370. The second kappa shape index (κ2) is 8.17. The maximum absolute atomic E-state index is 13.1. The summed E-state index contributed by atoms with van der Waals surface area (Å²) in [5.41, 5.74) is 0. The van der Waals surface area contributed by atoms with Gasteiger partial charge in [0, 0.05) is 5.88 Å². The molecular weight excluding hydrogens is 327 g/mol. The van der Waals surface area contributed by atoms with Crippen LogP contribution in [0.3, 0.4) is 0 Å². The first-order valence-electron chi connectivity index (χ1n) is 5.79. The Morgan fingerprint density at radius 3 is 2.15 bits per heavy atom. The zero-order valence-corrected chi connectivity index (χ0v) is 12.1. The minimum absolute atomic E-state index is 0.0333. The number of unbranched alkanes of at least 4 members (excludes halogenated alkanes) is 1. The Morgan fingerprint density at radius 2 is 1.75 bits per heavy atom. The van der Waals surface area contributed by atoms with E-state index in [4.69, 9.17) is 11.6 Å². The van der Waals surface area contributed by atoms with Crippen LogP contribution in [0.5, 0.6) is 0 Å². The Bertz CT molecular complexity index is 400. The third-order valence-electron chi connectivity index (χ3n) is 2.68. The zero-order chi connectivity index (χ0) is 16.0. The first-order valence-corrected chi connectivity index (χ1v) is 8.04. The van der Waals surface area contributed by atoms with Crippen LogP contribution in [0.2, 0.25) is 0 Å². The van der Waals surface area contributed by atoms with Gasteiger partial charge >= 0.3 is 12.3 Å². The van der Waals surface area contributed by atoms with Gasteiger partial charge < -0.3 is 0 Å². The molecule has 0 saturated heterocycles. The van der Waals surface area contributed by atoms with Crippen LogP contribution in [0.4, 0.5) is 22.0 Å². The van der Waals surface area contributed by atoms with Gasteiger partial charge in [0.15, 0.2) is 16.0 Å². The smallest absolute Gasteiger partial charge is 0.239 e. The first kappa shape index (κ1) is 19.6. The molecule has 0 aromatic rings. The highest BCUT2D eigenvalue weighted by Gasteiger charge is 2.51. The van der Waals surface area contributed by atoms with Crippen molar-refractivity contribution < 1.29 is 30.4 Å². The zero-order valence-electron chi connectivity index (χ0n) is 10.5. The minimum Gasteiger partial charge on any atom is -0.239 e. The molecule has 0 bridgehead atoms. The molecule has 0 radical (unpaired) electrons. The summed E-state index contributed by atoms with van der Waals surface area (Å²) < 4.78 is 85.9. The predicted octanol–water partition coefficient (Wildman–Crippen LogP) is 3.60. The Balaban J connectivity index is 4.82. The van der Waals surface area contributed by atoms with Crippen LogP contribution in [-0.2, 0) is 9.84 Å². The maximum atomic E-state index is 13.1. The fourth-order valence-corrected chi connectivity index (χ4v) is 3.34. The summed E-state index contributed by atoms with van der Waals surface area (Å²) in [5.74, 6) is -6.37. The summed E-state index contributed by atoms with van der Waals surface area (Å²) in [6, 6.07) is 0. The SMILES string of the molecule is C=CC(CCCCCl)S(=O)(=O)CC(F)C(F)(F)C(F)F. The second-order valence-electron chi connectivity index (χ2n) is 4.23. The molecule has 0 aliphatic heterocycles. The Kier molecular flexibility index (Phi) is 8.01. The van der Waals surface area contributed by atoms with Crippen LogP contribution in [0.25, 0.3) is 0 Å². The van der Waals surface area contributed by atoms with Gasteiger partial charge in [0.2, 0.25) is 0 Å². The maximum Gasteiger partial charge on any atom is 0.338 e. The van der Waals surface area contributed by atoms with Crippen molar-refractivity contribution in [1.29, 1.82) is 0 Å². The Morgan fingerprint density at radius 1 is 1.20 bits per heavy atom. The van der Waals surface area contributed by atoms with E-state index in [1.54, 1.807) is 0 Å². The van der Waals surface area contributed by atoms with Crippen molar-refractivity contribution in [1.82, 2.24) is 0 Å². The van der Waals surface area contributed by atoms with Crippen molar-refractivity contribution in [2.75, 3.05) is 11.6 Å². The molecule has 2 nitrogen and oxygen atoms in total. The molecule has 20 heavy (non-hydrogen) atoms. The lowest BCUT2D eigenvalue weighted by atomic mass is 10.2. The van der Waals surface area contributed by atoms with E-state index < -0.39 is 39.4 Å². The molecule has 0 N–H and O–H groups in total. The van der Waals surface area contributed by atoms with E-state index in [0.717, 1.165) is 6.08 Å². The van der Waals surface area contributed by atoms with Gasteiger partial charge in [-0.05, 0) is 12.8 Å². The monoisotopic (exact) mass is 342 g/mol. The molecule has 0 heterocycles. The van der Waals surface area contributed by atoms with Crippen LogP contribution >= 0.6 is 11.6 Å². The average molecular weight is 343 g/mol. The first-order chi connectivity index (χ1) is 9.09. The van der Waals surface area contributed by atoms with Crippen LogP contribution < -0.4 is 0 Å². The quantitative estimate of drug-likeness (QED) is 0.263. The van der Waals surface area contributed by atoms with Gasteiger partial charge in [-0.1, -0.05) is 12.5 Å². The van der Waals surface area contributed by atoms with Crippen LogP contribution in [-0.4, -0.2) is 43.8 Å². The minimum atomic E-state index is -4.99. The molecule has 0 aromatic carbocycles. The van der Waals surface area contributed by atoms with Gasteiger partial charge in [-0.15, -0.1) is 18.2 Å². The van der Waals surface area contributed by atoms with Crippen LogP contribution in [0.1, 0.15) is 19.3 Å². The van der Waals surface area contributed by atoms with Gasteiger partial charge in [-0.3, -0.25) is 0 Å². The van der Waals surface area contributed by atoms with Gasteiger partial charge in [-0.25, -0.2) is 21.6 Å². The van der Waals surface area contributed by atoms with E-state index in [1.165, 1.54) is 0 Å². The van der Waals surface area contributed by atoms with E-state index >= 15 is 0 Å². The van der Waals surface area contributed by atoms with E-state index in [1.807, 2.05) is 0 Å². The largest absolute Gasteiger partial charge is 0.338 e. The lowest BCUT2D eigenvalue weighted by molar-refractivity contribution is -0.165. The number of rotatable bonds is 10. The summed E-state index contributed by atoms with van der Waals surface area (Å²) in [7, 11) is -4.32. The van der Waals surface area contributed by atoms with E-state index in [9.17, 15) is 30.4 Å². The van der Waals surface area contributed by atoms with Crippen molar-refractivity contribution in [2.24, 2.45) is 0 Å². The van der Waals surface area contributed by atoms with Gasteiger partial charge in [0.25, 0.3) is 0 Å². The highest BCUT2D eigenvalue weighted by molar-refractivity contribution is 7.92. The van der Waals surface area contributed by atoms with Crippen molar-refractivity contribution in [3.8, 4) is 0 Å². The molecule has 0 saturated carbocycles. The van der Waals surface area contributed by atoms with E-state index in [0.29, 0.717) is 18.7 Å². The molecule has 0 aromatic heterocycles. The molecule has 0 aliphatic rings. The summed E-state index contributed by atoms with van der Waals surface area (Å²) >= 11 is 5.40. The van der Waals surface area contributed by atoms with Crippen molar-refractivity contribution in [3.63, 3.8) is 0 Å². The Labute approximate surface area is 119 Å². The van der Waals surface area contributed by atoms with Gasteiger partial charge in [0.05, 0.1) is 11.0 Å². The standard InChI is InChI=1S/C11H16ClF5O2S/c1-2-8(5-3-4-6-12)20(18,19)7-9(13)11(16,17)10(14)15/h2,8-10H,1,3-7H2. The highest BCUT2D eigenvalue weighted by Crippen LogP contribution is 2.31. The lowest BCUT2D eigenvalue weighted by Gasteiger charge is -2.21. The molecule has 2 unspecified atom stereocenters. The third kappa shape index (κ3) is 5.55. The summed E-state index contributed by atoms with van der Waals surface area (Å²) in [6.07, 6.45) is -5.83. The molecular formula is C11H16ClF5O2S. The number of alkyl halides is 6. The van der Waals surface area contributed by atoms with E-state index in [-0.39, 0.29) is 6.42 Å². The molecule has 2 atom stereocenters. The highest BCUT2D eigenvalue weighted by atomic mass is 35.5. The van der Waals surface area contributed by atoms with E-state index in [2.05, 4.69) is 6.58 Å². The summed E-state index contributed by atoms with van der Waals surface area (Å²) in [4.78, 5) is 0. The van der Waals surface area contributed by atoms with Crippen molar-refractivity contribution >= 4 is 21.4 Å². The van der Waals surface area contributed by atoms with Crippen molar-refractivity contribution in [2.45, 2.75) is 43.0 Å². The fourth-order valence-electron chi connectivity index (χ4n) is 1.46. The lowest BCUT2D eigenvalue weighted by Crippen LogP contribution is -2.43. The molecule has 0 spiro atoms. The molecule has 0 fully saturated rings. The molecule has 0 rings (SSSR count). The number of halogens is 6. The van der Waals surface area contributed by atoms with Gasteiger partial charge in [0.1, 0.15) is 0 Å². The number of sulfone groups is 1. The second-order valence-corrected chi connectivity index (χ2v) is 6.87. The fraction of sp³-hybridized carbons (Fsp3) is 0.818. The molecule has 0 aliphatic carbocycles. The summed E-state index contributed by atoms with van der Waals surface area (Å²) in [6.45, 7) is 3.24. The summed E-state index contributed by atoms with van der Waals surface area (Å²) in [5, 5.41) is -1.25. The number of hydrogen-bond acceptors (Lipinski definition) is 2. The van der Waals surface area contributed by atoms with Crippen LogP contribution in [0, 0.1) is 0 Å². The van der Waals surface area contributed by atoms with Crippen molar-refractivity contribution in [3.05, 3.63) is 12.7 Å². The predicted molar refractivity (Wildman–Crippen MR) is 68.2 cm³/mol. The molecule has 0 amide bonds. The van der Waals surface area contributed by atoms with Gasteiger partial charge in [-0.2, -0.15) is 8.78 Å². The molecule has 120 valence electrons. The topological polar surface area (TPSA) is 34.1 Å². The van der Waals surface area contributed by atoms with Crippen LogP contribution in [0.15, 0.2) is 12.7 Å². The molecule has 9 heteroatoms. The normalized spacial score (nSPS) is 16.1. The third-order valence-corrected chi connectivity index (χ3v) is 5.06. The number of hydrogen-bond donors (Lipinski definition) is 0. The average Bonchev–Trinajstić information content (AvgIpc) is 2.33.